The maximum Gasteiger partial charge on any atom is 0.257 e. The van der Waals surface area contributed by atoms with Crippen molar-refractivity contribution in [1.29, 1.82) is 0 Å². The molecule has 1 aromatic carbocycles. The quantitative estimate of drug-likeness (QED) is 0.895. The summed E-state index contributed by atoms with van der Waals surface area (Å²) in [5, 5.41) is 2.87. The van der Waals surface area contributed by atoms with Crippen LogP contribution in [0.2, 0.25) is 0 Å². The Kier molecular flexibility index (Phi) is 3.72. The molecular formula is C15H16N2O. The third-order valence-corrected chi connectivity index (χ3v) is 2.90. The van der Waals surface area contributed by atoms with Crippen molar-refractivity contribution < 1.29 is 4.79 Å². The highest BCUT2D eigenvalue weighted by atomic mass is 16.1. The zero-order valence-corrected chi connectivity index (χ0v) is 10.6. The number of aryl methyl sites for hydroxylation is 2. The number of hydrogen-bond donors (Lipinski definition) is 1. The van der Waals surface area contributed by atoms with Gasteiger partial charge in [-0.25, -0.2) is 0 Å². The molecule has 0 saturated carbocycles. The summed E-state index contributed by atoms with van der Waals surface area (Å²) in [6, 6.07) is 9.71. The number of nitrogens with zero attached hydrogens (tertiary/aromatic N) is 1. The van der Waals surface area contributed by atoms with Gasteiger partial charge in [-0.05, 0) is 42.7 Å². The highest BCUT2D eigenvalue weighted by Crippen LogP contribution is 2.13. The van der Waals surface area contributed by atoms with Crippen LogP contribution in [-0.4, -0.2) is 10.9 Å². The van der Waals surface area contributed by atoms with E-state index in [9.17, 15) is 4.79 Å². The van der Waals surface area contributed by atoms with Crippen LogP contribution in [0.3, 0.4) is 0 Å². The number of carbonyl (C=O) groups is 1. The summed E-state index contributed by atoms with van der Waals surface area (Å²) in [7, 11) is 0. The molecule has 0 bridgehead atoms. The summed E-state index contributed by atoms with van der Waals surface area (Å²) in [6.45, 7) is 4.00. The second-order valence-corrected chi connectivity index (χ2v) is 4.20. The standard InChI is InChI=1S/C15H16N2O/c1-3-12-4-6-13(7-5-12)17-15(18)14-10-16-9-8-11(14)2/h4-10H,3H2,1-2H3,(H,17,18). The molecule has 3 heteroatoms. The van der Waals surface area contributed by atoms with Crippen LogP contribution in [0.4, 0.5) is 5.69 Å². The zero-order chi connectivity index (χ0) is 13.0. The number of benzene rings is 1. The first kappa shape index (κ1) is 12.3. The lowest BCUT2D eigenvalue weighted by molar-refractivity contribution is 0.102. The molecule has 2 aromatic rings. The van der Waals surface area contributed by atoms with Gasteiger partial charge in [-0.2, -0.15) is 0 Å². The van der Waals surface area contributed by atoms with Gasteiger partial charge in [0, 0.05) is 18.1 Å². The normalized spacial score (nSPS) is 10.1. The van der Waals surface area contributed by atoms with Crippen LogP contribution in [-0.2, 0) is 6.42 Å². The van der Waals surface area contributed by atoms with E-state index in [0.717, 1.165) is 17.7 Å². The monoisotopic (exact) mass is 240 g/mol. The molecule has 0 fully saturated rings. The van der Waals surface area contributed by atoms with Gasteiger partial charge in [-0.3, -0.25) is 9.78 Å². The zero-order valence-electron chi connectivity index (χ0n) is 10.6. The number of aromatic nitrogens is 1. The Hall–Kier alpha value is -2.16. The molecule has 2 rings (SSSR count). The van der Waals surface area contributed by atoms with Crippen molar-refractivity contribution in [3.63, 3.8) is 0 Å². The number of nitrogens with one attached hydrogen (secondary N) is 1. The Balaban J connectivity index is 2.14. The average Bonchev–Trinajstić information content (AvgIpc) is 2.40. The minimum Gasteiger partial charge on any atom is -0.322 e. The molecule has 1 heterocycles. The summed E-state index contributed by atoms with van der Waals surface area (Å²) >= 11 is 0. The highest BCUT2D eigenvalue weighted by Gasteiger charge is 2.08. The van der Waals surface area contributed by atoms with Crippen molar-refractivity contribution in [3.8, 4) is 0 Å². The number of anilines is 1. The van der Waals surface area contributed by atoms with Crippen molar-refractivity contribution in [1.82, 2.24) is 4.98 Å². The Morgan fingerprint density at radius 2 is 1.94 bits per heavy atom. The number of hydrogen-bond acceptors (Lipinski definition) is 2. The van der Waals surface area contributed by atoms with Gasteiger partial charge in [0.05, 0.1) is 5.56 Å². The molecule has 0 radical (unpaired) electrons. The number of amides is 1. The molecule has 0 aliphatic heterocycles. The first-order chi connectivity index (χ1) is 8.70. The van der Waals surface area contributed by atoms with Crippen molar-refractivity contribution in [2.24, 2.45) is 0 Å². The second-order valence-electron chi connectivity index (χ2n) is 4.20. The molecule has 3 nitrogen and oxygen atoms in total. The van der Waals surface area contributed by atoms with Crippen LogP contribution < -0.4 is 5.32 Å². The van der Waals surface area contributed by atoms with Crippen molar-refractivity contribution in [3.05, 3.63) is 59.4 Å². The number of carbonyl (C=O) groups excluding carboxylic acids is 1. The van der Waals surface area contributed by atoms with E-state index in [1.165, 1.54) is 5.56 Å². The Morgan fingerprint density at radius 3 is 2.56 bits per heavy atom. The van der Waals surface area contributed by atoms with Gasteiger partial charge in [0.1, 0.15) is 0 Å². The fourth-order valence-electron chi connectivity index (χ4n) is 1.72. The van der Waals surface area contributed by atoms with Crippen LogP contribution in [0.5, 0.6) is 0 Å². The number of pyridine rings is 1. The highest BCUT2D eigenvalue weighted by molar-refractivity contribution is 6.05. The van der Waals surface area contributed by atoms with Gasteiger partial charge >= 0.3 is 0 Å². The average molecular weight is 240 g/mol. The SMILES string of the molecule is CCc1ccc(NC(=O)c2cnccc2C)cc1. The third-order valence-electron chi connectivity index (χ3n) is 2.90. The topological polar surface area (TPSA) is 42.0 Å². The van der Waals surface area contributed by atoms with Crippen LogP contribution in [0, 0.1) is 6.92 Å². The smallest absolute Gasteiger partial charge is 0.257 e. The van der Waals surface area contributed by atoms with E-state index < -0.39 is 0 Å². The van der Waals surface area contributed by atoms with E-state index in [1.54, 1.807) is 12.4 Å². The summed E-state index contributed by atoms with van der Waals surface area (Å²) < 4.78 is 0. The molecule has 0 unspecified atom stereocenters. The summed E-state index contributed by atoms with van der Waals surface area (Å²) in [5.41, 5.74) is 3.59. The molecule has 0 spiro atoms. The number of rotatable bonds is 3. The molecule has 0 saturated heterocycles. The van der Waals surface area contributed by atoms with Crippen LogP contribution >= 0.6 is 0 Å². The molecule has 92 valence electrons. The van der Waals surface area contributed by atoms with E-state index in [-0.39, 0.29) is 5.91 Å². The summed E-state index contributed by atoms with van der Waals surface area (Å²) in [6.07, 6.45) is 4.27. The molecule has 18 heavy (non-hydrogen) atoms. The first-order valence-electron chi connectivity index (χ1n) is 6.01. The van der Waals surface area contributed by atoms with Crippen LogP contribution in [0.25, 0.3) is 0 Å². The molecular weight excluding hydrogens is 224 g/mol. The maximum atomic E-state index is 12.0. The van der Waals surface area contributed by atoms with E-state index in [1.807, 2.05) is 37.3 Å². The van der Waals surface area contributed by atoms with Gasteiger partial charge in [0.25, 0.3) is 5.91 Å². The second kappa shape index (κ2) is 5.45. The Labute approximate surface area is 107 Å². The Bertz CT molecular complexity index is 547. The molecule has 0 aliphatic carbocycles. The third kappa shape index (κ3) is 2.74. The lowest BCUT2D eigenvalue weighted by Crippen LogP contribution is -2.13. The Morgan fingerprint density at radius 1 is 1.22 bits per heavy atom. The van der Waals surface area contributed by atoms with Crippen molar-refractivity contribution in [2.45, 2.75) is 20.3 Å². The van der Waals surface area contributed by atoms with Crippen LogP contribution in [0.1, 0.15) is 28.4 Å². The molecule has 0 aliphatic rings. The minimum atomic E-state index is -0.121. The lowest BCUT2D eigenvalue weighted by atomic mass is 10.1. The van der Waals surface area contributed by atoms with E-state index in [0.29, 0.717) is 5.56 Å². The lowest BCUT2D eigenvalue weighted by Gasteiger charge is -2.07. The minimum absolute atomic E-state index is 0.121. The molecule has 1 N–H and O–H groups in total. The fraction of sp³-hybridized carbons (Fsp3) is 0.200. The van der Waals surface area contributed by atoms with Gasteiger partial charge in [0.15, 0.2) is 0 Å². The first-order valence-corrected chi connectivity index (χ1v) is 6.01. The predicted molar refractivity (Wildman–Crippen MR) is 72.7 cm³/mol. The fourth-order valence-corrected chi connectivity index (χ4v) is 1.72. The summed E-state index contributed by atoms with van der Waals surface area (Å²) in [4.78, 5) is 16.0. The predicted octanol–water partition coefficient (Wildman–Crippen LogP) is 3.20. The van der Waals surface area contributed by atoms with Gasteiger partial charge in [-0.1, -0.05) is 19.1 Å². The van der Waals surface area contributed by atoms with E-state index in [4.69, 9.17) is 0 Å². The molecule has 0 atom stereocenters. The molecule has 1 amide bonds. The van der Waals surface area contributed by atoms with Crippen LogP contribution in [0.15, 0.2) is 42.7 Å². The van der Waals surface area contributed by atoms with Gasteiger partial charge < -0.3 is 5.32 Å². The van der Waals surface area contributed by atoms with Gasteiger partial charge in [0.2, 0.25) is 0 Å². The van der Waals surface area contributed by atoms with Gasteiger partial charge in [-0.15, -0.1) is 0 Å². The van der Waals surface area contributed by atoms with E-state index >= 15 is 0 Å². The van der Waals surface area contributed by atoms with E-state index in [2.05, 4.69) is 17.2 Å². The molecule has 1 aromatic heterocycles. The summed E-state index contributed by atoms with van der Waals surface area (Å²) in [5.74, 6) is -0.121. The van der Waals surface area contributed by atoms with Crippen molar-refractivity contribution >= 4 is 11.6 Å². The van der Waals surface area contributed by atoms with Crippen molar-refractivity contribution in [2.75, 3.05) is 5.32 Å². The largest absolute Gasteiger partial charge is 0.322 e. The maximum absolute atomic E-state index is 12.0.